The van der Waals surface area contributed by atoms with Crippen LogP contribution in [-0.2, 0) is 16.6 Å². The number of hydrogen-bond acceptors (Lipinski definition) is 8. The first kappa shape index (κ1) is 33.7. The Hall–Kier alpha value is -6.80. The molecule has 1 fully saturated rings. The number of amides is 3. The van der Waals surface area contributed by atoms with E-state index in [1.54, 1.807) is 31.0 Å². The number of anilines is 1. The molecule has 1 aliphatic rings. The number of fused-ring (bicyclic) bond motifs is 2. The summed E-state index contributed by atoms with van der Waals surface area (Å²) in [6.45, 7) is 1.93. The molecule has 4 heterocycles. The third kappa shape index (κ3) is 6.82. The summed E-state index contributed by atoms with van der Waals surface area (Å²) in [5.41, 5.74) is 6.41. The molecule has 1 saturated heterocycles. The minimum atomic E-state index is -0.487. The molecule has 0 saturated carbocycles. The van der Waals surface area contributed by atoms with E-state index in [0.29, 0.717) is 34.7 Å². The molecule has 0 spiro atoms. The molecule has 52 heavy (non-hydrogen) atoms. The third-order valence-electron chi connectivity index (χ3n) is 9.09. The number of rotatable bonds is 7. The van der Waals surface area contributed by atoms with Crippen LogP contribution in [0.15, 0.2) is 96.1 Å². The Morgan fingerprint density at radius 1 is 0.962 bits per heavy atom. The average molecular weight is 691 g/mol. The molecule has 0 aliphatic carbocycles. The number of piperidine rings is 1. The van der Waals surface area contributed by atoms with Crippen molar-refractivity contribution in [3.05, 3.63) is 118 Å². The standard InChI is InChI=1S/C41H34N6O5/c1-24-17-32-31(20-29(52-3)21-37(32)47(2)41(24)51)30-11-5-9-26-19-36(44-23-33(26)30)27-12-13-34(43-22-27)39(49)42-16-6-8-25-7-4-10-28(18-25)45-35-14-15-38(48)46-40(35)50/h4-5,7,9-13,17-23,35,45H,14-16H2,1-3H3,(H,42,49)(H,46,48,50). The second kappa shape index (κ2) is 14.2. The van der Waals surface area contributed by atoms with Crippen molar-refractivity contribution in [1.82, 2.24) is 25.2 Å². The topological polar surface area (TPSA) is 144 Å². The number of imide groups is 1. The van der Waals surface area contributed by atoms with Crippen molar-refractivity contribution in [3.63, 3.8) is 0 Å². The molecule has 3 N–H and O–H groups in total. The minimum Gasteiger partial charge on any atom is -0.497 e. The molecule has 0 radical (unpaired) electrons. The number of aryl methyl sites for hydroxylation is 2. The molecule has 1 aliphatic heterocycles. The van der Waals surface area contributed by atoms with Gasteiger partial charge in [-0.2, -0.15) is 0 Å². The zero-order valence-corrected chi connectivity index (χ0v) is 28.7. The van der Waals surface area contributed by atoms with Gasteiger partial charge in [0.05, 0.1) is 24.9 Å². The molecule has 3 amide bonds. The van der Waals surface area contributed by atoms with Gasteiger partial charge in [-0.1, -0.05) is 36.1 Å². The van der Waals surface area contributed by atoms with Crippen LogP contribution in [-0.4, -0.2) is 52.0 Å². The normalized spacial score (nSPS) is 14.0. The Bertz CT molecular complexity index is 2530. The Kier molecular flexibility index (Phi) is 9.20. The zero-order chi connectivity index (χ0) is 36.4. The molecule has 7 rings (SSSR count). The van der Waals surface area contributed by atoms with Gasteiger partial charge in [-0.15, -0.1) is 0 Å². The van der Waals surface area contributed by atoms with E-state index >= 15 is 0 Å². The quantitative estimate of drug-likeness (QED) is 0.155. The van der Waals surface area contributed by atoms with Crippen LogP contribution in [0.4, 0.5) is 5.69 Å². The van der Waals surface area contributed by atoms with Crippen LogP contribution < -0.4 is 26.2 Å². The van der Waals surface area contributed by atoms with Crippen molar-refractivity contribution in [2.45, 2.75) is 25.8 Å². The van der Waals surface area contributed by atoms with Crippen LogP contribution in [0.25, 0.3) is 44.1 Å². The van der Waals surface area contributed by atoms with Crippen LogP contribution in [0.1, 0.15) is 34.5 Å². The lowest BCUT2D eigenvalue weighted by atomic mass is 9.94. The number of pyridine rings is 3. The van der Waals surface area contributed by atoms with Gasteiger partial charge in [0, 0.05) is 65.1 Å². The van der Waals surface area contributed by atoms with E-state index in [2.05, 4.69) is 32.8 Å². The SMILES string of the molecule is COc1cc(-c2cccc3cc(-c4ccc(C(=O)NCC#Cc5cccc(NC6CCC(=O)NC6=O)c5)nc4)ncc23)c2cc(C)c(=O)n(C)c2c1. The Labute approximate surface area is 299 Å². The zero-order valence-electron chi connectivity index (χ0n) is 28.7. The first-order valence-electron chi connectivity index (χ1n) is 16.7. The van der Waals surface area contributed by atoms with Crippen LogP contribution in [0.2, 0.25) is 0 Å². The van der Waals surface area contributed by atoms with Crippen molar-refractivity contribution in [2.24, 2.45) is 7.05 Å². The van der Waals surface area contributed by atoms with Crippen LogP contribution in [0.5, 0.6) is 5.75 Å². The Morgan fingerprint density at radius 2 is 1.81 bits per heavy atom. The number of carbonyl (C=O) groups excluding carboxylic acids is 3. The number of nitrogens with zero attached hydrogens (tertiary/aromatic N) is 3. The summed E-state index contributed by atoms with van der Waals surface area (Å²) in [6.07, 6.45) is 4.17. The van der Waals surface area contributed by atoms with Gasteiger partial charge in [0.1, 0.15) is 17.5 Å². The van der Waals surface area contributed by atoms with E-state index in [0.717, 1.165) is 38.4 Å². The maximum absolute atomic E-state index is 12.8. The predicted octanol–water partition coefficient (Wildman–Crippen LogP) is 5.13. The van der Waals surface area contributed by atoms with Crippen molar-refractivity contribution in [1.29, 1.82) is 0 Å². The first-order valence-corrected chi connectivity index (χ1v) is 16.7. The smallest absolute Gasteiger partial charge is 0.270 e. The Balaban J connectivity index is 1.04. The average Bonchev–Trinajstić information content (AvgIpc) is 3.16. The fraction of sp³-hybridized carbons (Fsp3) is 0.171. The van der Waals surface area contributed by atoms with E-state index < -0.39 is 6.04 Å². The lowest BCUT2D eigenvalue weighted by Crippen LogP contribution is -2.47. The predicted molar refractivity (Wildman–Crippen MR) is 200 cm³/mol. The van der Waals surface area contributed by atoms with Gasteiger partial charge in [0.25, 0.3) is 11.5 Å². The van der Waals surface area contributed by atoms with Crippen molar-refractivity contribution in [2.75, 3.05) is 19.0 Å². The molecule has 0 bridgehead atoms. The Morgan fingerprint density at radius 3 is 2.60 bits per heavy atom. The van der Waals surface area contributed by atoms with Crippen LogP contribution in [0.3, 0.4) is 0 Å². The van der Waals surface area contributed by atoms with Gasteiger partial charge < -0.3 is 19.9 Å². The molecule has 1 unspecified atom stereocenters. The fourth-order valence-electron chi connectivity index (χ4n) is 6.36. The highest BCUT2D eigenvalue weighted by atomic mass is 16.5. The van der Waals surface area contributed by atoms with Gasteiger partial charge in [-0.05, 0) is 78.4 Å². The van der Waals surface area contributed by atoms with Gasteiger partial charge in [0.15, 0.2) is 0 Å². The van der Waals surface area contributed by atoms with E-state index in [1.807, 2.05) is 85.9 Å². The number of benzene rings is 3. The summed E-state index contributed by atoms with van der Waals surface area (Å²) in [7, 11) is 3.38. The van der Waals surface area contributed by atoms with E-state index in [9.17, 15) is 19.2 Å². The molecular formula is C41H34N6O5. The molecular weight excluding hydrogens is 656 g/mol. The minimum absolute atomic E-state index is 0.0530. The molecule has 3 aromatic carbocycles. The second-order valence-corrected chi connectivity index (χ2v) is 12.5. The van der Waals surface area contributed by atoms with Crippen molar-refractivity contribution in [3.8, 4) is 40.0 Å². The summed E-state index contributed by atoms with van der Waals surface area (Å²) in [6, 6.07) is 24.1. The number of aromatic nitrogens is 3. The fourth-order valence-corrected chi connectivity index (χ4v) is 6.36. The lowest BCUT2D eigenvalue weighted by Gasteiger charge is -2.22. The van der Waals surface area contributed by atoms with E-state index in [1.165, 1.54) is 0 Å². The van der Waals surface area contributed by atoms with E-state index in [-0.39, 0.29) is 41.9 Å². The van der Waals surface area contributed by atoms with Crippen molar-refractivity contribution < 1.29 is 19.1 Å². The maximum Gasteiger partial charge on any atom is 0.270 e. The number of nitrogens with one attached hydrogen (secondary N) is 3. The van der Waals surface area contributed by atoms with Crippen LogP contribution in [0, 0.1) is 18.8 Å². The van der Waals surface area contributed by atoms with E-state index in [4.69, 9.17) is 9.72 Å². The first-order chi connectivity index (χ1) is 25.2. The summed E-state index contributed by atoms with van der Waals surface area (Å²) >= 11 is 0. The molecule has 11 heteroatoms. The van der Waals surface area contributed by atoms with Gasteiger partial charge in [-0.3, -0.25) is 34.5 Å². The highest BCUT2D eigenvalue weighted by Gasteiger charge is 2.26. The number of carbonyl (C=O) groups is 3. The monoisotopic (exact) mass is 690 g/mol. The highest BCUT2D eigenvalue weighted by molar-refractivity contribution is 6.06. The summed E-state index contributed by atoms with van der Waals surface area (Å²) in [5.74, 6) is 5.65. The van der Waals surface area contributed by atoms with Gasteiger partial charge >= 0.3 is 0 Å². The summed E-state index contributed by atoms with van der Waals surface area (Å²) in [5, 5.41) is 11.1. The molecule has 6 aromatic rings. The number of hydrogen-bond donors (Lipinski definition) is 3. The third-order valence-corrected chi connectivity index (χ3v) is 9.09. The molecule has 1 atom stereocenters. The maximum atomic E-state index is 12.8. The number of methoxy groups -OCH3 is 1. The number of ether oxygens (including phenoxy) is 1. The largest absolute Gasteiger partial charge is 0.497 e. The second-order valence-electron chi connectivity index (χ2n) is 12.5. The highest BCUT2D eigenvalue weighted by Crippen LogP contribution is 2.37. The van der Waals surface area contributed by atoms with Crippen LogP contribution >= 0.6 is 0 Å². The van der Waals surface area contributed by atoms with Gasteiger partial charge in [0.2, 0.25) is 11.8 Å². The van der Waals surface area contributed by atoms with Gasteiger partial charge in [-0.25, -0.2) is 0 Å². The lowest BCUT2D eigenvalue weighted by molar-refractivity contribution is -0.133. The van der Waals surface area contributed by atoms with Crippen molar-refractivity contribution >= 4 is 45.1 Å². The molecule has 258 valence electrons. The molecule has 11 nitrogen and oxygen atoms in total. The molecule has 3 aromatic heterocycles. The summed E-state index contributed by atoms with van der Waals surface area (Å²) in [4.78, 5) is 58.2. The summed E-state index contributed by atoms with van der Waals surface area (Å²) < 4.78 is 7.26.